The number of benzene rings is 1. The fourth-order valence-electron chi connectivity index (χ4n) is 2.33. The van der Waals surface area contributed by atoms with Gasteiger partial charge in [0.25, 0.3) is 0 Å². The number of hydrogen-bond acceptors (Lipinski definition) is 2. The van der Waals surface area contributed by atoms with E-state index < -0.39 is 0 Å². The molecule has 0 saturated carbocycles. The second-order valence-electron chi connectivity index (χ2n) is 4.88. The lowest BCUT2D eigenvalue weighted by Crippen LogP contribution is -2.25. The Morgan fingerprint density at radius 2 is 1.78 bits per heavy atom. The molecule has 0 saturated heterocycles. The van der Waals surface area contributed by atoms with Gasteiger partial charge in [0.15, 0.2) is 0 Å². The Labute approximate surface area is 130 Å². The van der Waals surface area contributed by atoms with Gasteiger partial charge in [0.1, 0.15) is 0 Å². The molecule has 102 valence electrons. The highest BCUT2D eigenvalue weighted by Crippen LogP contribution is 2.39. The van der Waals surface area contributed by atoms with E-state index in [0.717, 1.165) is 5.75 Å². The van der Waals surface area contributed by atoms with Crippen LogP contribution in [-0.2, 0) is 0 Å². The molecule has 0 nitrogen and oxygen atoms in total. The van der Waals surface area contributed by atoms with Crippen LogP contribution in [0.25, 0.3) is 0 Å². The largest absolute Gasteiger partial charge is 0.179 e. The van der Waals surface area contributed by atoms with E-state index in [0.29, 0.717) is 5.41 Å². The van der Waals surface area contributed by atoms with Gasteiger partial charge in [0.2, 0.25) is 0 Å². The number of thioether (sulfide) groups is 1. The average molecular weight is 347 g/mol. The first-order valence-corrected chi connectivity index (χ1v) is 9.06. The minimum atomic E-state index is 0.395. The van der Waals surface area contributed by atoms with Crippen LogP contribution in [0.2, 0.25) is 0 Å². The topological polar surface area (TPSA) is 0 Å². The van der Waals surface area contributed by atoms with Crippen LogP contribution in [0.5, 0.6) is 0 Å². The summed E-state index contributed by atoms with van der Waals surface area (Å²) in [7, 11) is 0. The van der Waals surface area contributed by atoms with Gasteiger partial charge in [-0.15, -0.1) is 11.8 Å². The van der Waals surface area contributed by atoms with Gasteiger partial charge in [0, 0.05) is 15.1 Å². The third kappa shape index (κ3) is 4.82. The van der Waals surface area contributed by atoms with Crippen molar-refractivity contribution in [1.29, 1.82) is 0 Å². The van der Waals surface area contributed by atoms with Crippen LogP contribution in [0.3, 0.4) is 0 Å². The van der Waals surface area contributed by atoms with Crippen molar-refractivity contribution >= 4 is 40.3 Å². The fourth-order valence-corrected chi connectivity index (χ4v) is 4.77. The standard InChI is InChI=1S/C15H23BrS2/c1-3-9-15(11-17,10-4-2)12-18-14-8-6-5-7-13(14)16/h5-8,17H,3-4,9-12H2,1-2H3. The van der Waals surface area contributed by atoms with E-state index >= 15 is 0 Å². The zero-order valence-corrected chi connectivity index (χ0v) is 14.6. The Hall–Kier alpha value is 0.400. The van der Waals surface area contributed by atoms with E-state index in [1.807, 2.05) is 11.8 Å². The maximum absolute atomic E-state index is 4.62. The van der Waals surface area contributed by atoms with Gasteiger partial charge in [-0.05, 0) is 52.1 Å². The second-order valence-corrected chi connectivity index (χ2v) is 7.06. The van der Waals surface area contributed by atoms with E-state index in [-0.39, 0.29) is 0 Å². The van der Waals surface area contributed by atoms with Gasteiger partial charge in [-0.2, -0.15) is 12.6 Å². The van der Waals surface area contributed by atoms with Crippen LogP contribution in [0.15, 0.2) is 33.6 Å². The van der Waals surface area contributed by atoms with Crippen LogP contribution in [0.4, 0.5) is 0 Å². The van der Waals surface area contributed by atoms with E-state index in [4.69, 9.17) is 0 Å². The maximum Gasteiger partial charge on any atom is 0.0311 e. The number of thiol groups is 1. The summed E-state index contributed by atoms with van der Waals surface area (Å²) in [6.45, 7) is 4.55. The van der Waals surface area contributed by atoms with E-state index in [1.165, 1.54) is 40.8 Å². The van der Waals surface area contributed by atoms with Gasteiger partial charge >= 0.3 is 0 Å². The fraction of sp³-hybridized carbons (Fsp3) is 0.600. The Morgan fingerprint density at radius 3 is 2.28 bits per heavy atom. The Bertz CT molecular complexity index is 346. The number of halogens is 1. The predicted molar refractivity (Wildman–Crippen MR) is 91.0 cm³/mol. The molecular formula is C15H23BrS2. The molecule has 0 heterocycles. The summed E-state index contributed by atoms with van der Waals surface area (Å²) in [4.78, 5) is 1.34. The molecule has 0 radical (unpaired) electrons. The SMILES string of the molecule is CCCC(CS)(CCC)CSc1ccccc1Br. The van der Waals surface area contributed by atoms with Gasteiger partial charge in [-0.25, -0.2) is 0 Å². The summed E-state index contributed by atoms with van der Waals surface area (Å²) in [6.07, 6.45) is 5.05. The number of hydrogen-bond donors (Lipinski definition) is 1. The molecule has 0 bridgehead atoms. The molecule has 1 rings (SSSR count). The molecule has 0 aliphatic rings. The second kappa shape index (κ2) is 8.55. The Kier molecular flexibility index (Phi) is 7.81. The monoisotopic (exact) mass is 346 g/mol. The van der Waals surface area contributed by atoms with Gasteiger partial charge in [0.05, 0.1) is 0 Å². The molecule has 1 aromatic carbocycles. The lowest BCUT2D eigenvalue weighted by atomic mass is 9.83. The lowest BCUT2D eigenvalue weighted by Gasteiger charge is -2.31. The third-order valence-corrected chi connectivity index (χ3v) is 6.32. The van der Waals surface area contributed by atoms with Crippen LogP contribution in [-0.4, -0.2) is 11.5 Å². The molecule has 0 spiro atoms. The van der Waals surface area contributed by atoms with Crippen molar-refractivity contribution in [2.75, 3.05) is 11.5 Å². The van der Waals surface area contributed by atoms with Crippen molar-refractivity contribution in [1.82, 2.24) is 0 Å². The maximum atomic E-state index is 4.62. The van der Waals surface area contributed by atoms with Gasteiger partial charge in [-0.3, -0.25) is 0 Å². The molecule has 0 aromatic heterocycles. The normalized spacial score (nSPS) is 11.8. The molecule has 0 amide bonds. The summed E-state index contributed by atoms with van der Waals surface area (Å²) in [5, 5.41) is 0. The zero-order chi connectivity index (χ0) is 13.4. The van der Waals surface area contributed by atoms with Crippen molar-refractivity contribution in [2.45, 2.75) is 44.4 Å². The predicted octanol–water partition coefficient (Wildman–Crippen LogP) is 6.06. The van der Waals surface area contributed by atoms with Crippen LogP contribution < -0.4 is 0 Å². The molecule has 0 aliphatic carbocycles. The summed E-state index contributed by atoms with van der Waals surface area (Å²) in [5.41, 5.74) is 0.395. The zero-order valence-electron chi connectivity index (χ0n) is 11.3. The van der Waals surface area contributed by atoms with Crippen molar-refractivity contribution < 1.29 is 0 Å². The van der Waals surface area contributed by atoms with Gasteiger partial charge < -0.3 is 0 Å². The first-order valence-electron chi connectivity index (χ1n) is 6.65. The molecule has 0 unspecified atom stereocenters. The van der Waals surface area contributed by atoms with E-state index in [1.54, 1.807) is 0 Å². The first kappa shape index (κ1) is 16.5. The molecule has 0 fully saturated rings. The third-order valence-electron chi connectivity index (χ3n) is 3.27. The molecule has 1 aromatic rings. The lowest BCUT2D eigenvalue weighted by molar-refractivity contribution is 0.318. The molecule has 18 heavy (non-hydrogen) atoms. The average Bonchev–Trinajstić information content (AvgIpc) is 2.38. The van der Waals surface area contributed by atoms with Crippen molar-refractivity contribution in [3.05, 3.63) is 28.7 Å². The molecule has 0 aliphatic heterocycles. The highest BCUT2D eigenvalue weighted by molar-refractivity contribution is 9.10. The quantitative estimate of drug-likeness (QED) is 0.441. The summed E-state index contributed by atoms with van der Waals surface area (Å²) >= 11 is 10.2. The van der Waals surface area contributed by atoms with Crippen molar-refractivity contribution in [3.63, 3.8) is 0 Å². The minimum Gasteiger partial charge on any atom is -0.179 e. The summed E-state index contributed by atoms with van der Waals surface area (Å²) < 4.78 is 1.20. The molecular weight excluding hydrogens is 324 g/mol. The highest BCUT2D eigenvalue weighted by atomic mass is 79.9. The molecule has 0 N–H and O–H groups in total. The van der Waals surface area contributed by atoms with Crippen molar-refractivity contribution in [3.8, 4) is 0 Å². The van der Waals surface area contributed by atoms with Crippen molar-refractivity contribution in [2.24, 2.45) is 5.41 Å². The Balaban J connectivity index is 2.69. The van der Waals surface area contributed by atoms with Crippen LogP contribution in [0, 0.1) is 5.41 Å². The smallest absolute Gasteiger partial charge is 0.0311 e. The Morgan fingerprint density at radius 1 is 1.17 bits per heavy atom. The summed E-state index contributed by atoms with van der Waals surface area (Å²) in [6, 6.07) is 8.48. The number of rotatable bonds is 8. The highest BCUT2D eigenvalue weighted by Gasteiger charge is 2.27. The van der Waals surface area contributed by atoms with E-state index in [9.17, 15) is 0 Å². The molecule has 3 heteroatoms. The van der Waals surface area contributed by atoms with Crippen LogP contribution >= 0.6 is 40.3 Å². The van der Waals surface area contributed by atoms with Crippen LogP contribution in [0.1, 0.15) is 39.5 Å². The van der Waals surface area contributed by atoms with Gasteiger partial charge in [-0.1, -0.05) is 38.8 Å². The first-order chi connectivity index (χ1) is 8.67. The van der Waals surface area contributed by atoms with E-state index in [2.05, 4.69) is 66.7 Å². The minimum absolute atomic E-state index is 0.395. The molecule has 0 atom stereocenters. The summed E-state index contributed by atoms with van der Waals surface area (Å²) in [5.74, 6) is 2.16.